The van der Waals surface area contributed by atoms with Crippen LogP contribution in [-0.4, -0.2) is 32.2 Å². The van der Waals surface area contributed by atoms with E-state index in [0.717, 1.165) is 44.5 Å². The third-order valence-corrected chi connectivity index (χ3v) is 3.13. The van der Waals surface area contributed by atoms with Crippen LogP contribution < -0.4 is 10.6 Å². The molecule has 118 valence electrons. The predicted octanol–water partition coefficient (Wildman–Crippen LogP) is 3.45. The van der Waals surface area contributed by atoms with Crippen LogP contribution in [-0.2, 0) is 4.74 Å². The molecule has 21 heavy (non-hydrogen) atoms. The summed E-state index contributed by atoms with van der Waals surface area (Å²) in [6.45, 7) is 7.29. The Hall–Kier alpha value is -1.55. The van der Waals surface area contributed by atoms with Gasteiger partial charge in [0.1, 0.15) is 0 Å². The number of carbonyl (C=O) groups excluding carboxylic acids is 1. The standard InChI is InChI=1S/C17H28N2O2/c1-3-5-13-21-14-8-12-19-17(20)15-9-6-7-10-16(15)18-11-4-2/h6-7,9-10,18H,3-5,8,11-14H2,1-2H3,(H,19,20). The lowest BCUT2D eigenvalue weighted by molar-refractivity contribution is 0.0941. The summed E-state index contributed by atoms with van der Waals surface area (Å²) in [5, 5.41) is 6.23. The summed E-state index contributed by atoms with van der Waals surface area (Å²) in [4.78, 5) is 12.2. The molecule has 4 nitrogen and oxygen atoms in total. The van der Waals surface area contributed by atoms with Gasteiger partial charge in [-0.25, -0.2) is 0 Å². The van der Waals surface area contributed by atoms with Crippen molar-refractivity contribution in [2.24, 2.45) is 0 Å². The zero-order valence-electron chi connectivity index (χ0n) is 13.3. The Balaban J connectivity index is 2.31. The van der Waals surface area contributed by atoms with E-state index >= 15 is 0 Å². The van der Waals surface area contributed by atoms with Crippen molar-refractivity contribution in [2.75, 3.05) is 31.6 Å². The lowest BCUT2D eigenvalue weighted by Gasteiger charge is -2.11. The maximum Gasteiger partial charge on any atom is 0.253 e. The first-order chi connectivity index (χ1) is 10.3. The molecule has 1 rings (SSSR count). The molecule has 0 aromatic heterocycles. The van der Waals surface area contributed by atoms with Gasteiger partial charge in [0.05, 0.1) is 5.56 Å². The first kappa shape index (κ1) is 17.5. The van der Waals surface area contributed by atoms with Crippen molar-refractivity contribution >= 4 is 11.6 Å². The second kappa shape index (κ2) is 11.1. The van der Waals surface area contributed by atoms with E-state index in [-0.39, 0.29) is 5.91 Å². The SMILES string of the molecule is CCCCOCCCNC(=O)c1ccccc1NCCC. The molecular formula is C17H28N2O2. The highest BCUT2D eigenvalue weighted by Crippen LogP contribution is 2.14. The Labute approximate surface area is 128 Å². The summed E-state index contributed by atoms with van der Waals surface area (Å²) in [6, 6.07) is 7.62. The number of rotatable bonds is 11. The van der Waals surface area contributed by atoms with E-state index in [1.165, 1.54) is 0 Å². The maximum absolute atomic E-state index is 12.2. The quantitative estimate of drug-likeness (QED) is 0.614. The molecule has 0 aliphatic rings. The molecule has 0 aliphatic heterocycles. The average Bonchev–Trinajstić information content (AvgIpc) is 2.52. The second-order valence-electron chi connectivity index (χ2n) is 5.05. The van der Waals surface area contributed by atoms with Crippen LogP contribution in [0.2, 0.25) is 0 Å². The molecule has 0 spiro atoms. The molecule has 0 saturated heterocycles. The molecule has 1 aromatic rings. The zero-order valence-corrected chi connectivity index (χ0v) is 13.3. The Morgan fingerprint density at radius 2 is 1.81 bits per heavy atom. The van der Waals surface area contributed by atoms with Gasteiger partial charge in [-0.2, -0.15) is 0 Å². The molecular weight excluding hydrogens is 264 g/mol. The number of para-hydroxylation sites is 1. The van der Waals surface area contributed by atoms with E-state index in [2.05, 4.69) is 24.5 Å². The van der Waals surface area contributed by atoms with E-state index in [1.807, 2.05) is 24.3 Å². The molecule has 4 heteroatoms. The first-order valence-electron chi connectivity index (χ1n) is 7.98. The highest BCUT2D eigenvalue weighted by atomic mass is 16.5. The van der Waals surface area contributed by atoms with Crippen molar-refractivity contribution in [3.05, 3.63) is 29.8 Å². The first-order valence-corrected chi connectivity index (χ1v) is 7.98. The number of hydrogen-bond acceptors (Lipinski definition) is 3. The lowest BCUT2D eigenvalue weighted by atomic mass is 10.1. The minimum atomic E-state index is -0.0252. The van der Waals surface area contributed by atoms with Gasteiger partial charge in [-0.15, -0.1) is 0 Å². The van der Waals surface area contributed by atoms with Crippen LogP contribution in [0.25, 0.3) is 0 Å². The van der Waals surface area contributed by atoms with Crippen molar-refractivity contribution in [1.82, 2.24) is 5.32 Å². The average molecular weight is 292 g/mol. The number of carbonyl (C=O) groups is 1. The van der Waals surface area contributed by atoms with Crippen molar-refractivity contribution in [3.8, 4) is 0 Å². The van der Waals surface area contributed by atoms with Gasteiger partial charge < -0.3 is 15.4 Å². The second-order valence-corrected chi connectivity index (χ2v) is 5.05. The molecule has 0 aliphatic carbocycles. The topological polar surface area (TPSA) is 50.4 Å². The van der Waals surface area contributed by atoms with E-state index in [4.69, 9.17) is 4.74 Å². The summed E-state index contributed by atoms with van der Waals surface area (Å²) in [5.41, 5.74) is 1.61. The number of nitrogens with one attached hydrogen (secondary N) is 2. The number of benzene rings is 1. The Morgan fingerprint density at radius 1 is 1.05 bits per heavy atom. The van der Waals surface area contributed by atoms with Gasteiger partial charge in [-0.1, -0.05) is 32.4 Å². The van der Waals surface area contributed by atoms with E-state index in [1.54, 1.807) is 0 Å². The molecule has 0 fully saturated rings. The highest BCUT2D eigenvalue weighted by Gasteiger charge is 2.09. The molecule has 0 heterocycles. The van der Waals surface area contributed by atoms with Crippen LogP contribution in [0.15, 0.2) is 24.3 Å². The fourth-order valence-corrected chi connectivity index (χ4v) is 1.91. The molecule has 0 radical (unpaired) electrons. The third-order valence-electron chi connectivity index (χ3n) is 3.13. The molecule has 0 bridgehead atoms. The van der Waals surface area contributed by atoms with Crippen LogP contribution in [0.4, 0.5) is 5.69 Å². The van der Waals surface area contributed by atoms with Crippen LogP contribution in [0.3, 0.4) is 0 Å². The van der Waals surface area contributed by atoms with Gasteiger partial charge in [-0.3, -0.25) is 4.79 Å². The van der Waals surface area contributed by atoms with E-state index in [9.17, 15) is 4.79 Å². The Bertz CT molecular complexity index is 408. The van der Waals surface area contributed by atoms with Crippen molar-refractivity contribution in [2.45, 2.75) is 39.5 Å². The fourth-order valence-electron chi connectivity index (χ4n) is 1.91. The van der Waals surface area contributed by atoms with Crippen molar-refractivity contribution in [3.63, 3.8) is 0 Å². The number of unbranched alkanes of at least 4 members (excludes halogenated alkanes) is 1. The minimum Gasteiger partial charge on any atom is -0.384 e. The predicted molar refractivity (Wildman–Crippen MR) is 87.9 cm³/mol. The Kier molecular flexibility index (Phi) is 9.29. The summed E-state index contributed by atoms with van der Waals surface area (Å²) in [5.74, 6) is -0.0252. The zero-order chi connectivity index (χ0) is 15.3. The molecule has 2 N–H and O–H groups in total. The van der Waals surface area contributed by atoms with Crippen molar-refractivity contribution < 1.29 is 9.53 Å². The monoisotopic (exact) mass is 292 g/mol. The summed E-state index contributed by atoms with van der Waals surface area (Å²) in [6.07, 6.45) is 4.13. The molecule has 1 amide bonds. The van der Waals surface area contributed by atoms with Gasteiger partial charge in [0.25, 0.3) is 5.91 Å². The fraction of sp³-hybridized carbons (Fsp3) is 0.588. The minimum absolute atomic E-state index is 0.0252. The van der Waals surface area contributed by atoms with Crippen LogP contribution >= 0.6 is 0 Å². The molecule has 0 unspecified atom stereocenters. The number of anilines is 1. The van der Waals surface area contributed by atoms with E-state index < -0.39 is 0 Å². The van der Waals surface area contributed by atoms with Crippen LogP contribution in [0, 0.1) is 0 Å². The number of amides is 1. The normalized spacial score (nSPS) is 10.4. The third kappa shape index (κ3) is 7.14. The van der Waals surface area contributed by atoms with E-state index in [0.29, 0.717) is 18.7 Å². The van der Waals surface area contributed by atoms with Gasteiger partial charge >= 0.3 is 0 Å². The van der Waals surface area contributed by atoms with Crippen molar-refractivity contribution in [1.29, 1.82) is 0 Å². The Morgan fingerprint density at radius 3 is 2.57 bits per heavy atom. The number of ether oxygens (including phenoxy) is 1. The number of hydrogen-bond donors (Lipinski definition) is 2. The summed E-state index contributed by atoms with van der Waals surface area (Å²) in [7, 11) is 0. The highest BCUT2D eigenvalue weighted by molar-refractivity contribution is 5.99. The maximum atomic E-state index is 12.2. The lowest BCUT2D eigenvalue weighted by Crippen LogP contribution is -2.26. The molecule has 1 aromatic carbocycles. The van der Waals surface area contributed by atoms with Gasteiger partial charge in [0.15, 0.2) is 0 Å². The van der Waals surface area contributed by atoms with Crippen LogP contribution in [0.5, 0.6) is 0 Å². The molecule has 0 saturated carbocycles. The molecule has 0 atom stereocenters. The van der Waals surface area contributed by atoms with Crippen LogP contribution in [0.1, 0.15) is 49.9 Å². The van der Waals surface area contributed by atoms with Gasteiger partial charge in [-0.05, 0) is 31.4 Å². The largest absolute Gasteiger partial charge is 0.384 e. The summed E-state index contributed by atoms with van der Waals surface area (Å²) >= 11 is 0. The van der Waals surface area contributed by atoms with Gasteiger partial charge in [0, 0.05) is 32.0 Å². The summed E-state index contributed by atoms with van der Waals surface area (Å²) < 4.78 is 5.47. The smallest absolute Gasteiger partial charge is 0.253 e. The van der Waals surface area contributed by atoms with Gasteiger partial charge in [0.2, 0.25) is 0 Å².